The number of hydrogen-bond donors (Lipinski definition) is 1. The summed E-state index contributed by atoms with van der Waals surface area (Å²) in [6.45, 7) is 9.12. The second-order valence-corrected chi connectivity index (χ2v) is 4.92. The number of hydrogen-bond acceptors (Lipinski definition) is 1. The van der Waals surface area contributed by atoms with E-state index in [0.29, 0.717) is 5.41 Å². The first kappa shape index (κ1) is 11.3. The quantitative estimate of drug-likeness (QED) is 0.725. The summed E-state index contributed by atoms with van der Waals surface area (Å²) in [6, 6.07) is 0.111. The number of nitrogens with one attached hydrogen (secondary N) is 1. The van der Waals surface area contributed by atoms with Crippen LogP contribution in [0.4, 0.5) is 4.79 Å². The van der Waals surface area contributed by atoms with Crippen LogP contribution in [0.15, 0.2) is 0 Å². The molecule has 0 unspecified atom stereocenters. The molecule has 0 bridgehead atoms. The first-order valence-corrected chi connectivity index (χ1v) is 5.58. The Morgan fingerprint density at radius 3 is 2.79 bits per heavy atom. The smallest absolute Gasteiger partial charge is 0.317 e. The summed E-state index contributed by atoms with van der Waals surface area (Å²) >= 11 is 0. The molecule has 1 saturated heterocycles. The lowest BCUT2D eigenvalue weighted by Crippen LogP contribution is -2.48. The van der Waals surface area contributed by atoms with E-state index in [1.165, 1.54) is 6.42 Å². The van der Waals surface area contributed by atoms with E-state index >= 15 is 0 Å². The molecule has 0 atom stereocenters. The molecule has 2 amide bonds. The fraction of sp³-hybridized carbons (Fsp3) is 0.909. The second kappa shape index (κ2) is 4.67. The summed E-state index contributed by atoms with van der Waals surface area (Å²) in [7, 11) is 0. The Bertz CT molecular complexity index is 201. The predicted octanol–water partition coefficient (Wildman–Crippen LogP) is 2.23. The molecule has 0 aromatic carbocycles. The summed E-state index contributed by atoms with van der Waals surface area (Å²) in [5.41, 5.74) is 0.293. The zero-order valence-corrected chi connectivity index (χ0v) is 9.60. The highest BCUT2D eigenvalue weighted by atomic mass is 16.2. The fourth-order valence-electron chi connectivity index (χ4n) is 1.94. The Morgan fingerprint density at radius 2 is 2.21 bits per heavy atom. The number of rotatable bonds is 2. The molecule has 1 aliphatic heterocycles. The van der Waals surface area contributed by atoms with Crippen LogP contribution in [0, 0.1) is 5.41 Å². The van der Waals surface area contributed by atoms with Crippen LogP contribution >= 0.6 is 0 Å². The van der Waals surface area contributed by atoms with Crippen LogP contribution < -0.4 is 5.32 Å². The van der Waals surface area contributed by atoms with Gasteiger partial charge in [0.05, 0.1) is 0 Å². The van der Waals surface area contributed by atoms with E-state index in [1.54, 1.807) is 0 Å². The highest BCUT2D eigenvalue weighted by Gasteiger charge is 2.28. The third-order valence-electron chi connectivity index (χ3n) is 2.71. The van der Waals surface area contributed by atoms with Gasteiger partial charge in [-0.3, -0.25) is 0 Å². The summed E-state index contributed by atoms with van der Waals surface area (Å²) < 4.78 is 0. The molecule has 3 nitrogen and oxygen atoms in total. The maximum atomic E-state index is 11.7. The molecule has 14 heavy (non-hydrogen) atoms. The van der Waals surface area contributed by atoms with Gasteiger partial charge in [-0.2, -0.15) is 0 Å². The summed E-state index contributed by atoms with van der Waals surface area (Å²) in [5.74, 6) is 0. The zero-order valence-electron chi connectivity index (χ0n) is 9.60. The van der Waals surface area contributed by atoms with Gasteiger partial charge in [-0.1, -0.05) is 20.8 Å². The average Bonchev–Trinajstić information content (AvgIpc) is 2.12. The number of piperidine rings is 1. The monoisotopic (exact) mass is 198 g/mol. The minimum Gasteiger partial charge on any atom is -0.338 e. The Balaban J connectivity index is 2.40. The maximum Gasteiger partial charge on any atom is 0.317 e. The third-order valence-corrected chi connectivity index (χ3v) is 2.71. The standard InChI is InChI=1S/C11H22N2O/c1-4-7-12-10(14)13-8-5-6-11(2,3)9-13/h4-9H2,1-3H3,(H,12,14). The molecular formula is C11H22N2O. The van der Waals surface area contributed by atoms with Gasteiger partial charge in [-0.05, 0) is 24.7 Å². The van der Waals surface area contributed by atoms with Crippen LogP contribution in [0.2, 0.25) is 0 Å². The van der Waals surface area contributed by atoms with E-state index in [0.717, 1.165) is 32.5 Å². The van der Waals surface area contributed by atoms with Crippen LogP contribution in [-0.2, 0) is 0 Å². The second-order valence-electron chi connectivity index (χ2n) is 4.92. The van der Waals surface area contributed by atoms with Gasteiger partial charge < -0.3 is 10.2 Å². The lowest BCUT2D eigenvalue weighted by Gasteiger charge is -2.37. The number of urea groups is 1. The highest BCUT2D eigenvalue weighted by Crippen LogP contribution is 2.28. The Hall–Kier alpha value is -0.730. The van der Waals surface area contributed by atoms with Crippen molar-refractivity contribution in [3.8, 4) is 0 Å². The van der Waals surface area contributed by atoms with Gasteiger partial charge in [0.1, 0.15) is 0 Å². The van der Waals surface area contributed by atoms with Crippen molar-refractivity contribution < 1.29 is 4.79 Å². The van der Waals surface area contributed by atoms with Crippen molar-refractivity contribution in [1.82, 2.24) is 10.2 Å². The van der Waals surface area contributed by atoms with E-state index in [9.17, 15) is 4.79 Å². The van der Waals surface area contributed by atoms with Gasteiger partial charge in [-0.25, -0.2) is 4.79 Å². The van der Waals surface area contributed by atoms with E-state index in [-0.39, 0.29) is 6.03 Å². The van der Waals surface area contributed by atoms with Gasteiger partial charge in [0, 0.05) is 19.6 Å². The minimum absolute atomic E-state index is 0.111. The van der Waals surface area contributed by atoms with Crippen molar-refractivity contribution in [2.24, 2.45) is 5.41 Å². The molecule has 1 aliphatic rings. The minimum atomic E-state index is 0.111. The lowest BCUT2D eigenvalue weighted by atomic mass is 9.84. The summed E-state index contributed by atoms with van der Waals surface area (Å²) in [5, 5.41) is 2.93. The predicted molar refractivity (Wildman–Crippen MR) is 58.3 cm³/mol. The molecule has 1 heterocycles. The Morgan fingerprint density at radius 1 is 1.50 bits per heavy atom. The van der Waals surface area contributed by atoms with Gasteiger partial charge in [0.15, 0.2) is 0 Å². The highest BCUT2D eigenvalue weighted by molar-refractivity contribution is 5.74. The molecule has 0 aromatic rings. The van der Waals surface area contributed by atoms with Gasteiger partial charge in [-0.15, -0.1) is 0 Å². The van der Waals surface area contributed by atoms with Crippen molar-refractivity contribution in [3.05, 3.63) is 0 Å². The van der Waals surface area contributed by atoms with Gasteiger partial charge in [0.2, 0.25) is 0 Å². The Labute approximate surface area is 86.9 Å². The van der Waals surface area contributed by atoms with Crippen molar-refractivity contribution in [2.45, 2.75) is 40.0 Å². The van der Waals surface area contributed by atoms with E-state index in [4.69, 9.17) is 0 Å². The van der Waals surface area contributed by atoms with Crippen LogP contribution in [0.25, 0.3) is 0 Å². The van der Waals surface area contributed by atoms with Crippen LogP contribution in [0.5, 0.6) is 0 Å². The summed E-state index contributed by atoms with van der Waals surface area (Å²) in [6.07, 6.45) is 3.36. The lowest BCUT2D eigenvalue weighted by molar-refractivity contribution is 0.129. The fourth-order valence-corrected chi connectivity index (χ4v) is 1.94. The molecule has 0 radical (unpaired) electrons. The number of nitrogens with zero attached hydrogens (tertiary/aromatic N) is 1. The first-order valence-electron chi connectivity index (χ1n) is 5.58. The van der Waals surface area contributed by atoms with Gasteiger partial charge in [0.25, 0.3) is 0 Å². The molecule has 82 valence electrons. The van der Waals surface area contributed by atoms with E-state index in [2.05, 4.69) is 26.1 Å². The number of amides is 2. The van der Waals surface area contributed by atoms with Crippen molar-refractivity contribution in [2.75, 3.05) is 19.6 Å². The largest absolute Gasteiger partial charge is 0.338 e. The van der Waals surface area contributed by atoms with Crippen LogP contribution in [0.1, 0.15) is 40.0 Å². The van der Waals surface area contributed by atoms with Crippen LogP contribution in [0.3, 0.4) is 0 Å². The van der Waals surface area contributed by atoms with E-state index < -0.39 is 0 Å². The Kier molecular flexibility index (Phi) is 3.78. The number of likely N-dealkylation sites (tertiary alicyclic amines) is 1. The van der Waals surface area contributed by atoms with E-state index in [1.807, 2.05) is 4.90 Å². The van der Waals surface area contributed by atoms with Crippen molar-refractivity contribution in [3.63, 3.8) is 0 Å². The molecule has 0 aliphatic carbocycles. The molecule has 0 saturated carbocycles. The molecule has 1 N–H and O–H groups in total. The van der Waals surface area contributed by atoms with Gasteiger partial charge >= 0.3 is 6.03 Å². The van der Waals surface area contributed by atoms with Crippen LogP contribution in [-0.4, -0.2) is 30.6 Å². The molecule has 3 heteroatoms. The average molecular weight is 198 g/mol. The maximum absolute atomic E-state index is 11.7. The molecule has 1 rings (SSSR count). The first-order chi connectivity index (χ1) is 6.55. The topological polar surface area (TPSA) is 32.3 Å². The third kappa shape index (κ3) is 3.20. The number of carbonyl (C=O) groups excluding carboxylic acids is 1. The summed E-state index contributed by atoms with van der Waals surface area (Å²) in [4.78, 5) is 13.6. The molecule has 0 spiro atoms. The van der Waals surface area contributed by atoms with Crippen molar-refractivity contribution >= 4 is 6.03 Å². The van der Waals surface area contributed by atoms with Crippen molar-refractivity contribution in [1.29, 1.82) is 0 Å². The molecule has 0 aromatic heterocycles. The number of carbonyl (C=O) groups is 1. The SMILES string of the molecule is CCCNC(=O)N1CCCC(C)(C)C1. The normalized spacial score (nSPS) is 20.6. The molecular weight excluding hydrogens is 176 g/mol. The zero-order chi connectivity index (χ0) is 10.6. The molecule has 1 fully saturated rings.